The number of rotatable bonds is 6. The van der Waals surface area contributed by atoms with Crippen molar-refractivity contribution in [2.45, 2.75) is 38.1 Å². The van der Waals surface area contributed by atoms with Gasteiger partial charge >= 0.3 is 0 Å². The van der Waals surface area contributed by atoms with E-state index in [4.69, 9.17) is 9.72 Å². The first-order chi connectivity index (χ1) is 19.7. The average molecular weight is 531 g/mol. The Morgan fingerprint density at radius 2 is 1.68 bits per heavy atom. The molecule has 8 rings (SSSR count). The molecule has 0 atom stereocenters. The summed E-state index contributed by atoms with van der Waals surface area (Å²) in [5.41, 5.74) is 9.26. The molecule has 3 aliphatic rings. The zero-order valence-electron chi connectivity index (χ0n) is 22.6. The van der Waals surface area contributed by atoms with Crippen molar-refractivity contribution in [2.24, 2.45) is 5.41 Å². The summed E-state index contributed by atoms with van der Waals surface area (Å²) in [6.45, 7) is 3.37. The van der Waals surface area contributed by atoms with Crippen LogP contribution >= 0.6 is 0 Å². The summed E-state index contributed by atoms with van der Waals surface area (Å²) < 4.78 is 5.53. The van der Waals surface area contributed by atoms with Gasteiger partial charge in [-0.15, -0.1) is 0 Å². The number of nitrogens with zero attached hydrogens (tertiary/aromatic N) is 3. The largest absolute Gasteiger partial charge is 0.382 e. The van der Waals surface area contributed by atoms with Crippen LogP contribution in [-0.4, -0.2) is 47.3 Å². The number of hydrogen-bond donors (Lipinski definition) is 3. The molecule has 7 heteroatoms. The van der Waals surface area contributed by atoms with Crippen molar-refractivity contribution in [1.29, 1.82) is 0 Å². The van der Waals surface area contributed by atoms with E-state index in [0.29, 0.717) is 11.5 Å². The number of aromatic amines is 1. The Kier molecular flexibility index (Phi) is 5.66. The Morgan fingerprint density at radius 3 is 2.48 bits per heavy atom. The molecular weight excluding hydrogens is 496 g/mol. The van der Waals surface area contributed by atoms with E-state index in [1.54, 1.807) is 0 Å². The van der Waals surface area contributed by atoms with Gasteiger partial charge in [-0.3, -0.25) is 4.98 Å². The molecule has 5 aromatic rings. The zero-order chi connectivity index (χ0) is 26.5. The second kappa shape index (κ2) is 9.52. The fraction of sp³-hybridized carbons (Fsp3) is 0.333. The molecule has 0 amide bonds. The highest BCUT2D eigenvalue weighted by molar-refractivity contribution is 5.95. The van der Waals surface area contributed by atoms with Crippen LogP contribution in [0.5, 0.6) is 0 Å². The first kappa shape index (κ1) is 23.8. The van der Waals surface area contributed by atoms with E-state index < -0.39 is 0 Å². The smallest absolute Gasteiger partial charge is 0.138 e. The van der Waals surface area contributed by atoms with E-state index in [0.717, 1.165) is 71.0 Å². The monoisotopic (exact) mass is 530 g/mol. The van der Waals surface area contributed by atoms with E-state index in [9.17, 15) is 0 Å². The molecule has 3 aromatic carbocycles. The van der Waals surface area contributed by atoms with Gasteiger partial charge in [0.2, 0.25) is 0 Å². The average Bonchev–Trinajstić information content (AvgIpc) is 3.38. The lowest BCUT2D eigenvalue weighted by Gasteiger charge is -2.54. The van der Waals surface area contributed by atoms with Crippen molar-refractivity contribution in [3.8, 4) is 11.4 Å². The van der Waals surface area contributed by atoms with Gasteiger partial charge in [-0.1, -0.05) is 6.42 Å². The van der Waals surface area contributed by atoms with Crippen LogP contribution in [0, 0.1) is 5.41 Å². The van der Waals surface area contributed by atoms with E-state index in [-0.39, 0.29) is 0 Å². The molecule has 40 heavy (non-hydrogen) atoms. The van der Waals surface area contributed by atoms with Crippen molar-refractivity contribution < 1.29 is 4.74 Å². The lowest BCUT2D eigenvalue weighted by molar-refractivity contribution is 0.0192. The maximum atomic E-state index is 5.53. The summed E-state index contributed by atoms with van der Waals surface area (Å²) in [4.78, 5) is 15.4. The van der Waals surface area contributed by atoms with Crippen molar-refractivity contribution in [3.05, 3.63) is 72.9 Å². The molecule has 3 heterocycles. The zero-order valence-corrected chi connectivity index (χ0v) is 22.6. The van der Waals surface area contributed by atoms with Gasteiger partial charge < -0.3 is 25.3 Å². The van der Waals surface area contributed by atoms with E-state index in [1.807, 2.05) is 12.3 Å². The number of imidazole rings is 1. The minimum atomic E-state index is 0.614. The van der Waals surface area contributed by atoms with Crippen molar-refractivity contribution >= 4 is 44.7 Å². The van der Waals surface area contributed by atoms with Crippen molar-refractivity contribution in [2.75, 3.05) is 41.8 Å². The number of benzene rings is 3. The normalized spacial score (nSPS) is 18.6. The number of hydrogen-bond acceptors (Lipinski definition) is 6. The van der Waals surface area contributed by atoms with Crippen LogP contribution in [-0.2, 0) is 4.74 Å². The molecule has 1 aliphatic heterocycles. The highest BCUT2D eigenvalue weighted by atomic mass is 16.5. The summed E-state index contributed by atoms with van der Waals surface area (Å²) in [6.07, 6.45) is 8.79. The predicted octanol–water partition coefficient (Wildman–Crippen LogP) is 7.10. The summed E-state index contributed by atoms with van der Waals surface area (Å²) in [6, 6.07) is 24.1. The third kappa shape index (κ3) is 4.34. The number of morpholine rings is 1. The molecule has 0 unspecified atom stereocenters. The molecular formula is C33H34N6O. The van der Waals surface area contributed by atoms with Gasteiger partial charge in [-0.05, 0) is 97.8 Å². The quantitative estimate of drug-likeness (QED) is 0.217. The second-order valence-electron chi connectivity index (χ2n) is 11.8. The molecule has 0 bridgehead atoms. The predicted molar refractivity (Wildman–Crippen MR) is 163 cm³/mol. The maximum absolute atomic E-state index is 5.53. The van der Waals surface area contributed by atoms with E-state index in [2.05, 4.69) is 86.2 Å². The van der Waals surface area contributed by atoms with Crippen LogP contribution in [0.3, 0.4) is 0 Å². The minimum absolute atomic E-state index is 0.614. The topological polar surface area (TPSA) is 78.1 Å². The Morgan fingerprint density at radius 1 is 0.875 bits per heavy atom. The Labute approximate surface area is 234 Å². The molecule has 3 fully saturated rings. The fourth-order valence-electron chi connectivity index (χ4n) is 6.77. The molecule has 0 radical (unpaired) electrons. The molecule has 2 aliphatic carbocycles. The van der Waals surface area contributed by atoms with Gasteiger partial charge in [0.15, 0.2) is 0 Å². The van der Waals surface area contributed by atoms with Crippen LogP contribution in [0.1, 0.15) is 32.1 Å². The van der Waals surface area contributed by atoms with Crippen LogP contribution in [0.4, 0.5) is 22.7 Å². The van der Waals surface area contributed by atoms with Crippen LogP contribution in [0.25, 0.3) is 33.3 Å². The van der Waals surface area contributed by atoms with E-state index in [1.165, 1.54) is 43.5 Å². The van der Waals surface area contributed by atoms with Gasteiger partial charge in [0.05, 0.1) is 29.8 Å². The fourth-order valence-corrected chi connectivity index (χ4v) is 6.77. The number of H-pyrrole nitrogens is 1. The lowest BCUT2D eigenvalue weighted by Crippen LogP contribution is -2.49. The number of anilines is 4. The first-order valence-corrected chi connectivity index (χ1v) is 14.6. The maximum Gasteiger partial charge on any atom is 0.138 e. The van der Waals surface area contributed by atoms with Crippen LogP contribution in [0.2, 0.25) is 0 Å². The number of aromatic nitrogens is 3. The van der Waals surface area contributed by atoms with Crippen LogP contribution < -0.4 is 15.5 Å². The Balaban J connectivity index is 0.991. The summed E-state index contributed by atoms with van der Waals surface area (Å²) in [5, 5.41) is 8.46. The molecule has 3 N–H and O–H groups in total. The second-order valence-corrected chi connectivity index (χ2v) is 11.8. The SMILES string of the molecule is c1cc(Nc2ccc(-c3nc4ccc(NC5CC6(CCC6)C5)cc4[nH]3)cc2)c2cc(N3CCOCC3)ccc2n1. The first-order valence-electron chi connectivity index (χ1n) is 14.6. The summed E-state index contributed by atoms with van der Waals surface area (Å²) >= 11 is 0. The molecule has 2 aromatic heterocycles. The summed E-state index contributed by atoms with van der Waals surface area (Å²) in [5.74, 6) is 0.889. The van der Waals surface area contributed by atoms with Gasteiger partial charge in [0, 0.05) is 59.0 Å². The van der Waals surface area contributed by atoms with Gasteiger partial charge in [-0.25, -0.2) is 4.98 Å². The van der Waals surface area contributed by atoms with Gasteiger partial charge in [0.1, 0.15) is 5.82 Å². The highest BCUT2D eigenvalue weighted by Crippen LogP contribution is 2.56. The number of nitrogens with one attached hydrogen (secondary N) is 3. The number of ether oxygens (including phenoxy) is 1. The van der Waals surface area contributed by atoms with Crippen LogP contribution in [0.15, 0.2) is 72.9 Å². The van der Waals surface area contributed by atoms with Gasteiger partial charge in [-0.2, -0.15) is 0 Å². The standard InChI is InChI=1S/C33H34N6O/c1-11-33(12-1)20-25(21-33)35-24-6-8-30-31(18-24)38-32(37-30)22-2-4-23(5-3-22)36-29-10-13-34-28-9-7-26(19-27(28)29)39-14-16-40-17-15-39/h2-10,13,18-19,25,35H,1,11-12,14-17,20-21H2,(H,34,36)(H,37,38). The number of fused-ring (bicyclic) bond motifs is 2. The van der Waals surface area contributed by atoms with Gasteiger partial charge in [0.25, 0.3) is 0 Å². The molecule has 202 valence electrons. The molecule has 2 saturated carbocycles. The van der Waals surface area contributed by atoms with Crippen molar-refractivity contribution in [1.82, 2.24) is 15.0 Å². The number of pyridine rings is 1. The summed E-state index contributed by atoms with van der Waals surface area (Å²) in [7, 11) is 0. The highest BCUT2D eigenvalue weighted by Gasteiger charge is 2.47. The van der Waals surface area contributed by atoms with E-state index >= 15 is 0 Å². The lowest BCUT2D eigenvalue weighted by atomic mass is 9.54. The minimum Gasteiger partial charge on any atom is -0.382 e. The Hall–Kier alpha value is -4.10. The Bertz CT molecular complexity index is 1680. The third-order valence-electron chi connectivity index (χ3n) is 9.16. The third-order valence-corrected chi connectivity index (χ3v) is 9.16. The molecule has 1 saturated heterocycles. The molecule has 1 spiro atoms. The van der Waals surface area contributed by atoms with Crippen molar-refractivity contribution in [3.63, 3.8) is 0 Å². The molecule has 7 nitrogen and oxygen atoms in total.